The van der Waals surface area contributed by atoms with Gasteiger partial charge >= 0.3 is 0 Å². The summed E-state index contributed by atoms with van der Waals surface area (Å²) in [6, 6.07) is 68.9. The van der Waals surface area contributed by atoms with Crippen LogP contribution in [-0.2, 0) is 10.8 Å². The van der Waals surface area contributed by atoms with Gasteiger partial charge in [0.25, 0.3) is 0 Å². The molecule has 0 atom stereocenters. The molecule has 4 heterocycles. The van der Waals surface area contributed by atoms with E-state index in [1.54, 1.807) is 0 Å². The summed E-state index contributed by atoms with van der Waals surface area (Å²) in [6.45, 7) is 13.5. The normalized spacial score (nSPS) is 12.6. The highest BCUT2D eigenvalue weighted by Crippen LogP contribution is 2.52. The molecule has 0 aliphatic rings. The second kappa shape index (κ2) is 15.4. The molecule has 14 rings (SSSR count). The van der Waals surface area contributed by atoms with Gasteiger partial charge in [0.2, 0.25) is 0 Å². The number of anilines is 6. The molecule has 0 bridgehead atoms. The average Bonchev–Trinajstić information content (AvgIpc) is 4.16. The molecule has 0 unspecified atom stereocenters. The summed E-state index contributed by atoms with van der Waals surface area (Å²) in [5.41, 5.74) is 14.7. The molecule has 0 saturated heterocycles. The predicted molar refractivity (Wildman–Crippen MR) is 300 cm³/mol. The van der Waals surface area contributed by atoms with Crippen LogP contribution in [0, 0.1) is 0 Å². The largest absolute Gasteiger partial charge is 0.456 e. The van der Waals surface area contributed by atoms with Crippen molar-refractivity contribution >= 4 is 133 Å². The second-order valence-electron chi connectivity index (χ2n) is 21.3. The molecule has 10 aromatic carbocycles. The van der Waals surface area contributed by atoms with Crippen LogP contribution in [-0.4, -0.2) is 0 Å². The summed E-state index contributed by atoms with van der Waals surface area (Å²) in [6.07, 6.45) is 0. The summed E-state index contributed by atoms with van der Waals surface area (Å²) < 4.78 is 27.5. The highest BCUT2D eigenvalue weighted by Gasteiger charge is 2.29. The van der Waals surface area contributed by atoms with Crippen LogP contribution in [0.4, 0.5) is 34.1 Å². The topological polar surface area (TPSA) is 59.0 Å². The molecule has 14 aromatic rings. The third-order valence-electron chi connectivity index (χ3n) is 14.8. The van der Waals surface area contributed by atoms with Gasteiger partial charge in [-0.25, -0.2) is 0 Å². The molecule has 0 radical (unpaired) electrons. The van der Waals surface area contributed by atoms with Crippen molar-refractivity contribution in [2.24, 2.45) is 0 Å². The van der Waals surface area contributed by atoms with Crippen molar-refractivity contribution in [3.63, 3.8) is 0 Å². The Balaban J connectivity index is 1.05. The van der Waals surface area contributed by atoms with Crippen LogP contribution in [0.15, 0.2) is 212 Å². The maximum absolute atomic E-state index is 7.33. The van der Waals surface area contributed by atoms with Crippen LogP contribution in [0.25, 0.3) is 98.5 Å². The zero-order chi connectivity index (χ0) is 48.6. The molecule has 0 N–H and O–H groups in total. The van der Waals surface area contributed by atoms with Gasteiger partial charge in [-0.1, -0.05) is 145 Å². The zero-order valence-electron chi connectivity index (χ0n) is 41.0. The molecule has 348 valence electrons. The Kier molecular flexibility index (Phi) is 9.01. The van der Waals surface area contributed by atoms with Gasteiger partial charge in [0.05, 0.1) is 17.1 Å². The van der Waals surface area contributed by atoms with Gasteiger partial charge in [-0.15, -0.1) is 0 Å². The molecule has 0 aliphatic heterocycles. The van der Waals surface area contributed by atoms with Crippen LogP contribution in [0.2, 0.25) is 0 Å². The smallest absolute Gasteiger partial charge is 0.160 e. The van der Waals surface area contributed by atoms with Gasteiger partial charge in [-0.2, -0.15) is 0 Å². The zero-order valence-corrected chi connectivity index (χ0v) is 41.0. The SMILES string of the molecule is CC(C)(C)c1ccc(N(c2ccc3c(c2)oc2ccccc23)c2cc3oc4cc(N(c5ccc(C(C)(C)C)cc5)c5ccc6c(c5)oc5ccccc56)c5oc6ccccc6c5c4c3c3ccccc23)cc1. The molecule has 0 fully saturated rings. The van der Waals surface area contributed by atoms with E-state index in [1.807, 2.05) is 30.3 Å². The number of hydrogen-bond acceptors (Lipinski definition) is 6. The number of para-hydroxylation sites is 3. The summed E-state index contributed by atoms with van der Waals surface area (Å²) in [5, 5.41) is 10.6. The monoisotopic (exact) mass is 934 g/mol. The van der Waals surface area contributed by atoms with Crippen LogP contribution in [0.5, 0.6) is 0 Å². The first-order valence-corrected chi connectivity index (χ1v) is 24.8. The number of benzene rings is 10. The van der Waals surface area contributed by atoms with Gasteiger partial charge in [-0.05, 0) is 94.1 Å². The number of fused-ring (bicyclic) bond motifs is 15. The van der Waals surface area contributed by atoms with E-state index in [9.17, 15) is 0 Å². The first kappa shape index (κ1) is 42.2. The Hall–Kier alpha value is -8.74. The number of furan rings is 4. The van der Waals surface area contributed by atoms with Gasteiger partial charge in [0.15, 0.2) is 5.58 Å². The first-order valence-electron chi connectivity index (χ1n) is 24.8. The van der Waals surface area contributed by atoms with E-state index in [1.165, 1.54) is 11.1 Å². The number of hydrogen-bond donors (Lipinski definition) is 0. The fourth-order valence-electron chi connectivity index (χ4n) is 11.1. The van der Waals surface area contributed by atoms with Crippen LogP contribution in [0.3, 0.4) is 0 Å². The lowest BCUT2D eigenvalue weighted by atomic mass is 9.87. The summed E-state index contributed by atoms with van der Waals surface area (Å²) >= 11 is 0. The molecular formula is C66H50N2O4. The lowest BCUT2D eigenvalue weighted by Crippen LogP contribution is -2.13. The molecule has 0 amide bonds. The van der Waals surface area contributed by atoms with Crippen LogP contribution >= 0.6 is 0 Å². The van der Waals surface area contributed by atoms with E-state index >= 15 is 0 Å². The Morgan fingerprint density at radius 2 is 0.667 bits per heavy atom. The fraction of sp³-hybridized carbons (Fsp3) is 0.121. The first-order chi connectivity index (χ1) is 34.9. The Morgan fingerprint density at radius 1 is 0.278 bits per heavy atom. The van der Waals surface area contributed by atoms with Gasteiger partial charge < -0.3 is 27.5 Å². The van der Waals surface area contributed by atoms with Crippen LogP contribution in [0.1, 0.15) is 52.7 Å². The van der Waals surface area contributed by atoms with E-state index in [2.05, 4.69) is 215 Å². The minimum absolute atomic E-state index is 0.0104. The third-order valence-corrected chi connectivity index (χ3v) is 14.8. The summed E-state index contributed by atoms with van der Waals surface area (Å²) in [4.78, 5) is 4.64. The Morgan fingerprint density at radius 3 is 1.19 bits per heavy atom. The van der Waals surface area contributed by atoms with Crippen molar-refractivity contribution < 1.29 is 17.7 Å². The molecule has 6 heteroatoms. The Labute approximate surface area is 415 Å². The Bertz CT molecular complexity index is 4470. The van der Waals surface area contributed by atoms with Gasteiger partial charge in [-0.3, -0.25) is 0 Å². The van der Waals surface area contributed by atoms with Crippen LogP contribution < -0.4 is 9.80 Å². The van der Waals surface area contributed by atoms with E-state index < -0.39 is 0 Å². The highest BCUT2D eigenvalue weighted by atomic mass is 16.3. The van der Waals surface area contributed by atoms with Gasteiger partial charge in [0, 0.05) is 89.8 Å². The van der Waals surface area contributed by atoms with Crippen molar-refractivity contribution in [3.8, 4) is 0 Å². The van der Waals surface area contributed by atoms with Crippen molar-refractivity contribution in [1.82, 2.24) is 0 Å². The maximum Gasteiger partial charge on any atom is 0.160 e. The van der Waals surface area contributed by atoms with Crippen molar-refractivity contribution in [1.29, 1.82) is 0 Å². The third kappa shape index (κ3) is 6.48. The van der Waals surface area contributed by atoms with Crippen molar-refractivity contribution in [2.45, 2.75) is 52.4 Å². The lowest BCUT2D eigenvalue weighted by molar-refractivity contribution is 0.590. The van der Waals surface area contributed by atoms with E-state index in [4.69, 9.17) is 17.7 Å². The molecular weight excluding hydrogens is 885 g/mol. The average molecular weight is 935 g/mol. The number of nitrogens with zero attached hydrogens (tertiary/aromatic N) is 2. The van der Waals surface area contributed by atoms with E-state index in [0.29, 0.717) is 0 Å². The van der Waals surface area contributed by atoms with E-state index in [-0.39, 0.29) is 10.8 Å². The number of rotatable bonds is 6. The minimum atomic E-state index is -0.0248. The lowest BCUT2D eigenvalue weighted by Gasteiger charge is -2.28. The standard InChI is InChI=1S/C66H50N2O4/c1-65(2,3)39-23-27-41(28-24-39)67(43-31-33-48-46-16-9-12-20-54(46)69-57(48)35-43)52-37-59-61(50-18-8-7-15-45(50)52)63-60(71-59)38-53(64-62(63)51-19-11-14-22-56(51)72-64)68(42-29-25-40(26-30-42)66(4,5)6)44-32-34-49-47-17-10-13-21-55(47)70-58(49)36-44/h7-38H,1-6H3. The second-order valence-corrected chi connectivity index (χ2v) is 21.3. The van der Waals surface area contributed by atoms with Crippen molar-refractivity contribution in [2.75, 3.05) is 9.80 Å². The molecule has 0 spiro atoms. The fourth-order valence-corrected chi connectivity index (χ4v) is 11.1. The maximum atomic E-state index is 7.33. The highest BCUT2D eigenvalue weighted by molar-refractivity contribution is 6.34. The minimum Gasteiger partial charge on any atom is -0.456 e. The van der Waals surface area contributed by atoms with E-state index in [0.717, 1.165) is 133 Å². The summed E-state index contributed by atoms with van der Waals surface area (Å²) in [5.74, 6) is 0. The molecule has 6 nitrogen and oxygen atoms in total. The molecule has 0 saturated carbocycles. The molecule has 72 heavy (non-hydrogen) atoms. The molecule has 4 aromatic heterocycles. The predicted octanol–water partition coefficient (Wildman–Crippen LogP) is 20.0. The molecule has 0 aliphatic carbocycles. The quantitative estimate of drug-likeness (QED) is 0.166. The van der Waals surface area contributed by atoms with Gasteiger partial charge in [0.1, 0.15) is 39.1 Å². The van der Waals surface area contributed by atoms with Crippen molar-refractivity contribution in [3.05, 3.63) is 205 Å². The summed E-state index contributed by atoms with van der Waals surface area (Å²) in [7, 11) is 0.